The molecule has 0 N–H and O–H groups in total. The quantitative estimate of drug-likeness (QED) is 0.139. The number of para-hydroxylation sites is 5. The molecule has 0 fully saturated rings. The van der Waals surface area contributed by atoms with Gasteiger partial charge in [0.25, 0.3) is 0 Å². The summed E-state index contributed by atoms with van der Waals surface area (Å²) in [5, 5.41) is 38.5. The number of fused-ring (bicyclic) bond motifs is 36. The predicted molar refractivity (Wildman–Crippen MR) is 620 cm³/mol. The number of thiophene rings is 2. The van der Waals surface area contributed by atoms with E-state index in [1.165, 1.54) is 253 Å². The topological polar surface area (TPSA) is 27.9 Å². The van der Waals surface area contributed by atoms with Gasteiger partial charge in [0.15, 0.2) is 0 Å². The molecule has 0 amide bonds. The van der Waals surface area contributed by atoms with Crippen LogP contribution in [0.5, 0.6) is 0 Å². The van der Waals surface area contributed by atoms with Crippen LogP contribution in [0.3, 0.4) is 0 Å². The van der Waals surface area contributed by atoms with Crippen LogP contribution in [0.4, 0.5) is 0 Å². The summed E-state index contributed by atoms with van der Waals surface area (Å²) in [5.41, 5.74) is 24.8. The molecule has 0 saturated heterocycles. The third-order valence-corrected chi connectivity index (χ3v) is 33.0. The Kier molecular flexibility index (Phi) is 18.5. The predicted octanol–water partition coefficient (Wildman–Crippen LogP) is 39.7. The van der Waals surface area contributed by atoms with Crippen molar-refractivity contribution in [2.45, 2.75) is 0 Å². The second kappa shape index (κ2) is 32.7. The smallest absolute Gasteiger partial charge is 0.143 e. The maximum atomic E-state index is 6.43. The summed E-state index contributed by atoms with van der Waals surface area (Å²) in [4.78, 5) is 0. The van der Waals surface area contributed by atoms with Gasteiger partial charge < -0.3 is 18.1 Å². The first-order chi connectivity index (χ1) is 71.4. The van der Waals surface area contributed by atoms with Crippen LogP contribution < -0.4 is 0 Å². The number of hydrogen-bond acceptors (Lipinski definition) is 3. The molecular formula is C138H83N3OS2. The zero-order valence-corrected chi connectivity index (χ0v) is 79.6. The van der Waals surface area contributed by atoms with Gasteiger partial charge in [0.1, 0.15) is 11.2 Å². The summed E-state index contributed by atoms with van der Waals surface area (Å²) in [5.74, 6) is 0. The highest BCUT2D eigenvalue weighted by atomic mass is 32.1. The van der Waals surface area contributed by atoms with E-state index < -0.39 is 0 Å². The zero-order chi connectivity index (χ0) is 94.3. The lowest BCUT2D eigenvalue weighted by atomic mass is 9.92. The minimum absolute atomic E-state index is 0.917. The molecule has 0 saturated carbocycles. The molecule has 6 heterocycles. The first-order valence-electron chi connectivity index (χ1n) is 49.5. The highest BCUT2D eigenvalue weighted by Crippen LogP contribution is 2.50. The normalized spacial score (nSPS) is 12.0. The van der Waals surface area contributed by atoms with Crippen molar-refractivity contribution in [2.75, 3.05) is 0 Å². The van der Waals surface area contributed by atoms with Crippen molar-refractivity contribution in [3.8, 4) is 72.7 Å². The Morgan fingerprint density at radius 2 is 0.396 bits per heavy atom. The lowest BCUT2D eigenvalue weighted by Crippen LogP contribution is -1.94. The van der Waals surface area contributed by atoms with E-state index in [1.54, 1.807) is 0 Å². The SMILES string of the molecule is c1cc(-c2ccc3c4ccccc4c4ccccc4c3c2)cc(-n2c3ccccc3c3cc(-c4cccc5c4oc4ccccc45)ccc32)c1.c1cc(-c2ccc3c4ccccc4c4ccccc4c3c2)cc(-n2c3ccccc3c3cc(-c4cccc5c4sc4ccccc45)ccc32)c1.c1ccc2c(c1)sc1c(-c3ccc4c(c3)c3ccccc3n4-c3ccc4c5ccccc5c5ccccc5c4c3)cccc12. The van der Waals surface area contributed by atoms with Crippen LogP contribution in [0.2, 0.25) is 0 Å². The van der Waals surface area contributed by atoms with Gasteiger partial charge in [-0.1, -0.05) is 382 Å². The number of hydrogen-bond donors (Lipinski definition) is 0. The molecule has 0 atom stereocenters. The molecule has 6 heteroatoms. The van der Waals surface area contributed by atoms with Crippen molar-refractivity contribution in [2.24, 2.45) is 0 Å². The Hall–Kier alpha value is -18.3. The maximum Gasteiger partial charge on any atom is 0.143 e. The van der Waals surface area contributed by atoms with Crippen molar-refractivity contribution in [3.05, 3.63) is 504 Å². The average Bonchev–Trinajstić information content (AvgIpc) is 1.58. The molecule has 6 aromatic heterocycles. The largest absolute Gasteiger partial charge is 0.455 e. The third-order valence-electron chi connectivity index (χ3n) is 30.5. The van der Waals surface area contributed by atoms with Crippen LogP contribution >= 0.6 is 22.7 Å². The molecule has 32 aromatic rings. The van der Waals surface area contributed by atoms with Crippen LogP contribution in [0, 0.1) is 0 Å². The molecule has 668 valence electrons. The van der Waals surface area contributed by atoms with Crippen molar-refractivity contribution in [1.82, 2.24) is 13.7 Å². The van der Waals surface area contributed by atoms with E-state index in [9.17, 15) is 0 Å². The van der Waals surface area contributed by atoms with Crippen LogP contribution in [0.1, 0.15) is 0 Å². The average molecular weight is 1860 g/mol. The standard InChI is InChI=1S/C48H29NO.C48H29NS.C42H25NS/c2*1-2-15-37-35(13-1)36-14-3-4-16-38(36)43-28-31(23-25-39(37)43)30-11-9-12-33(27-30)49-45-21-7-5-17-40(45)44-29-32(24-26-46(44)49)34-19-10-20-42-41-18-6-8-22-47(41)50-48(34)42;1-2-12-31-29(10-1)30-11-3-4-13-32(30)37-25-27(21-22-33(31)37)43-39-18-7-5-14-34(39)38-24-26(20-23-40(38)43)28-16-9-17-36-35-15-6-8-19-41(35)44-42(28)36/h2*1-29H;1-25H. The van der Waals surface area contributed by atoms with Gasteiger partial charge in [0.05, 0.1) is 33.1 Å². The Labute approximate surface area is 835 Å². The maximum absolute atomic E-state index is 6.43. The van der Waals surface area contributed by atoms with Gasteiger partial charge in [-0.2, -0.15) is 0 Å². The lowest BCUT2D eigenvalue weighted by molar-refractivity contribution is 0.670. The highest BCUT2D eigenvalue weighted by Gasteiger charge is 2.24. The Bertz CT molecular complexity index is 10500. The highest BCUT2D eigenvalue weighted by molar-refractivity contribution is 7.26. The summed E-state index contributed by atoms with van der Waals surface area (Å²) in [7, 11) is 0. The van der Waals surface area contributed by atoms with Crippen LogP contribution in [-0.2, 0) is 0 Å². The molecular weight excluding hydrogens is 1780 g/mol. The van der Waals surface area contributed by atoms with Crippen molar-refractivity contribution < 1.29 is 4.42 Å². The molecule has 0 unspecified atom stereocenters. The fourth-order valence-electron chi connectivity index (χ4n) is 24.0. The number of nitrogens with zero attached hydrogens (tertiary/aromatic N) is 3. The van der Waals surface area contributed by atoms with E-state index in [0.717, 1.165) is 44.4 Å². The van der Waals surface area contributed by atoms with Crippen molar-refractivity contribution >= 4 is 247 Å². The van der Waals surface area contributed by atoms with Crippen molar-refractivity contribution in [3.63, 3.8) is 0 Å². The second-order valence-electron chi connectivity index (χ2n) is 38.2. The number of aromatic nitrogens is 3. The first kappa shape index (κ1) is 81.7. The molecule has 0 aliphatic heterocycles. The van der Waals surface area contributed by atoms with Gasteiger partial charge in [0, 0.05) is 106 Å². The monoisotopic (exact) mass is 1860 g/mol. The van der Waals surface area contributed by atoms with Gasteiger partial charge in [-0.05, 0) is 268 Å². The molecule has 0 radical (unpaired) electrons. The fraction of sp³-hybridized carbons (Fsp3) is 0. The van der Waals surface area contributed by atoms with Crippen LogP contribution in [0.15, 0.2) is 508 Å². The molecule has 144 heavy (non-hydrogen) atoms. The summed E-state index contributed by atoms with van der Waals surface area (Å²) >= 11 is 3.78. The number of furan rings is 1. The van der Waals surface area contributed by atoms with E-state index in [0.29, 0.717) is 0 Å². The summed E-state index contributed by atoms with van der Waals surface area (Å²) in [6.07, 6.45) is 0. The van der Waals surface area contributed by atoms with Crippen LogP contribution in [0.25, 0.3) is 297 Å². The van der Waals surface area contributed by atoms with Gasteiger partial charge in [0.2, 0.25) is 0 Å². The number of benzene rings is 26. The minimum atomic E-state index is 0.917. The molecule has 0 aliphatic rings. The molecule has 0 spiro atoms. The van der Waals surface area contributed by atoms with E-state index in [2.05, 4.69) is 505 Å². The molecule has 0 aliphatic carbocycles. The first-order valence-corrected chi connectivity index (χ1v) is 51.1. The Balaban J connectivity index is 0.000000101. The summed E-state index contributed by atoms with van der Waals surface area (Å²) in [6, 6.07) is 185. The Morgan fingerprint density at radius 1 is 0.139 bits per heavy atom. The second-order valence-corrected chi connectivity index (χ2v) is 40.3. The van der Waals surface area contributed by atoms with Gasteiger partial charge >= 0.3 is 0 Å². The molecule has 0 bridgehead atoms. The van der Waals surface area contributed by atoms with Gasteiger partial charge in [-0.25, -0.2) is 0 Å². The van der Waals surface area contributed by atoms with E-state index in [1.807, 2.05) is 34.8 Å². The Morgan fingerprint density at radius 3 is 0.792 bits per heavy atom. The minimum Gasteiger partial charge on any atom is -0.455 e. The lowest BCUT2D eigenvalue weighted by Gasteiger charge is -2.14. The van der Waals surface area contributed by atoms with E-state index >= 15 is 0 Å². The van der Waals surface area contributed by atoms with Gasteiger partial charge in [-0.3, -0.25) is 0 Å². The van der Waals surface area contributed by atoms with Gasteiger partial charge in [-0.15, -0.1) is 22.7 Å². The number of rotatable bonds is 8. The fourth-order valence-corrected chi connectivity index (χ4v) is 26.5. The zero-order valence-electron chi connectivity index (χ0n) is 78.0. The molecule has 32 rings (SSSR count). The van der Waals surface area contributed by atoms with Crippen LogP contribution in [-0.4, -0.2) is 13.7 Å². The third kappa shape index (κ3) is 12.8. The summed E-state index contributed by atoms with van der Waals surface area (Å²) < 4.78 is 19.1. The van der Waals surface area contributed by atoms with E-state index in [4.69, 9.17) is 4.42 Å². The molecule has 4 nitrogen and oxygen atoms in total. The van der Waals surface area contributed by atoms with Crippen molar-refractivity contribution in [1.29, 1.82) is 0 Å². The van der Waals surface area contributed by atoms with E-state index in [-0.39, 0.29) is 0 Å². The molecule has 26 aromatic carbocycles. The summed E-state index contributed by atoms with van der Waals surface area (Å²) in [6.45, 7) is 0.